The van der Waals surface area contributed by atoms with Crippen molar-refractivity contribution in [1.82, 2.24) is 10.2 Å². The molecule has 1 heterocycles. The molecule has 0 aromatic heterocycles. The highest BCUT2D eigenvalue weighted by molar-refractivity contribution is 4.86. The maximum absolute atomic E-state index is 5.40. The molecule has 0 atom stereocenters. The normalized spacial score (nSPS) is 20.2. The lowest BCUT2D eigenvalue weighted by atomic mass is 9.79. The van der Waals surface area contributed by atoms with Gasteiger partial charge in [-0.2, -0.15) is 0 Å². The van der Waals surface area contributed by atoms with Crippen LogP contribution in [0.5, 0.6) is 0 Å². The van der Waals surface area contributed by atoms with E-state index >= 15 is 0 Å². The number of hydrogen-bond donors (Lipinski definition) is 1. The van der Waals surface area contributed by atoms with Crippen LogP contribution in [0, 0.1) is 5.41 Å². The lowest BCUT2D eigenvalue weighted by molar-refractivity contribution is 0.0234. The fourth-order valence-electron chi connectivity index (χ4n) is 2.51. The number of ether oxygens (including phenoxy) is 2. The maximum Gasteiger partial charge on any atom is 0.0589 e. The number of nitrogens with one attached hydrogen (secondary N) is 1. The molecule has 1 fully saturated rings. The predicted octanol–water partition coefficient (Wildman–Crippen LogP) is 0.581. The van der Waals surface area contributed by atoms with Crippen LogP contribution in [0.3, 0.4) is 0 Å². The third-order valence-corrected chi connectivity index (χ3v) is 3.40. The minimum atomic E-state index is 0.336. The SMILES string of the molecule is COCCN(C)CC1(COC)CCNCC1. The van der Waals surface area contributed by atoms with E-state index in [2.05, 4.69) is 17.3 Å². The van der Waals surface area contributed by atoms with Crippen molar-refractivity contribution >= 4 is 0 Å². The van der Waals surface area contributed by atoms with Crippen LogP contribution < -0.4 is 5.32 Å². The van der Waals surface area contributed by atoms with Gasteiger partial charge >= 0.3 is 0 Å². The van der Waals surface area contributed by atoms with Gasteiger partial charge in [0.2, 0.25) is 0 Å². The molecule has 1 saturated heterocycles. The van der Waals surface area contributed by atoms with Gasteiger partial charge < -0.3 is 19.7 Å². The molecule has 0 aromatic rings. The van der Waals surface area contributed by atoms with Crippen molar-refractivity contribution in [2.45, 2.75) is 12.8 Å². The summed E-state index contributed by atoms with van der Waals surface area (Å²) in [6.07, 6.45) is 2.41. The highest BCUT2D eigenvalue weighted by Gasteiger charge is 2.32. The average molecular weight is 230 g/mol. The van der Waals surface area contributed by atoms with E-state index in [-0.39, 0.29) is 0 Å². The number of methoxy groups -OCH3 is 2. The molecule has 4 heteroatoms. The first-order valence-corrected chi connectivity index (χ1v) is 6.09. The molecule has 1 aliphatic heterocycles. The smallest absolute Gasteiger partial charge is 0.0589 e. The topological polar surface area (TPSA) is 33.7 Å². The van der Waals surface area contributed by atoms with E-state index in [9.17, 15) is 0 Å². The van der Waals surface area contributed by atoms with Crippen LogP contribution in [-0.2, 0) is 9.47 Å². The first kappa shape index (κ1) is 13.9. The molecule has 0 unspecified atom stereocenters. The Bertz CT molecular complexity index is 176. The Hall–Kier alpha value is -0.160. The van der Waals surface area contributed by atoms with Gasteiger partial charge in [-0.05, 0) is 33.0 Å². The van der Waals surface area contributed by atoms with Crippen LogP contribution in [0.2, 0.25) is 0 Å². The van der Waals surface area contributed by atoms with Gasteiger partial charge in [-0.3, -0.25) is 0 Å². The summed E-state index contributed by atoms with van der Waals surface area (Å²) in [4.78, 5) is 2.36. The summed E-state index contributed by atoms with van der Waals surface area (Å²) in [5, 5.41) is 3.42. The van der Waals surface area contributed by atoms with E-state index in [0.717, 1.165) is 39.4 Å². The molecule has 1 rings (SSSR count). The Labute approximate surface area is 99.3 Å². The van der Waals surface area contributed by atoms with Crippen LogP contribution in [0.1, 0.15) is 12.8 Å². The molecule has 96 valence electrons. The Morgan fingerprint density at radius 1 is 1.19 bits per heavy atom. The lowest BCUT2D eigenvalue weighted by Gasteiger charge is -2.39. The molecule has 0 radical (unpaired) electrons. The second-order valence-corrected chi connectivity index (χ2v) is 4.91. The van der Waals surface area contributed by atoms with Crippen molar-refractivity contribution in [3.05, 3.63) is 0 Å². The second kappa shape index (κ2) is 7.22. The van der Waals surface area contributed by atoms with Gasteiger partial charge in [0.1, 0.15) is 0 Å². The van der Waals surface area contributed by atoms with Crippen molar-refractivity contribution in [3.63, 3.8) is 0 Å². The lowest BCUT2D eigenvalue weighted by Crippen LogP contribution is -2.46. The monoisotopic (exact) mass is 230 g/mol. The number of nitrogens with zero attached hydrogens (tertiary/aromatic N) is 1. The summed E-state index contributed by atoms with van der Waals surface area (Å²) >= 11 is 0. The molecule has 1 aliphatic rings. The largest absolute Gasteiger partial charge is 0.384 e. The van der Waals surface area contributed by atoms with Gasteiger partial charge in [0, 0.05) is 32.7 Å². The van der Waals surface area contributed by atoms with Crippen LogP contribution in [0.4, 0.5) is 0 Å². The van der Waals surface area contributed by atoms with E-state index in [1.807, 2.05) is 0 Å². The standard InChI is InChI=1S/C12H26N2O2/c1-14(8-9-15-2)10-12(11-16-3)4-6-13-7-5-12/h13H,4-11H2,1-3H3. The molecule has 0 bridgehead atoms. The highest BCUT2D eigenvalue weighted by Crippen LogP contribution is 2.29. The van der Waals surface area contributed by atoms with E-state index in [4.69, 9.17) is 9.47 Å². The van der Waals surface area contributed by atoms with Gasteiger partial charge in [0.15, 0.2) is 0 Å². The minimum absolute atomic E-state index is 0.336. The summed E-state index contributed by atoms with van der Waals surface area (Å²) in [5.41, 5.74) is 0.336. The highest BCUT2D eigenvalue weighted by atomic mass is 16.5. The Balaban J connectivity index is 2.42. The third-order valence-electron chi connectivity index (χ3n) is 3.40. The van der Waals surface area contributed by atoms with Gasteiger partial charge in [-0.1, -0.05) is 0 Å². The predicted molar refractivity (Wildman–Crippen MR) is 65.8 cm³/mol. The zero-order valence-corrected chi connectivity index (χ0v) is 10.9. The Morgan fingerprint density at radius 2 is 1.88 bits per heavy atom. The molecule has 0 aromatic carbocycles. The van der Waals surface area contributed by atoms with Crippen molar-refractivity contribution in [2.75, 3.05) is 60.7 Å². The van der Waals surface area contributed by atoms with Crippen LogP contribution >= 0.6 is 0 Å². The maximum atomic E-state index is 5.40. The van der Waals surface area contributed by atoms with Gasteiger partial charge in [0.05, 0.1) is 13.2 Å². The molecule has 0 saturated carbocycles. The summed E-state index contributed by atoms with van der Waals surface area (Å²) in [6, 6.07) is 0. The Morgan fingerprint density at radius 3 is 2.44 bits per heavy atom. The number of rotatable bonds is 7. The first-order chi connectivity index (χ1) is 7.72. The van der Waals surface area contributed by atoms with Crippen LogP contribution in [0.15, 0.2) is 0 Å². The summed E-state index contributed by atoms with van der Waals surface area (Å²) in [7, 11) is 5.72. The van der Waals surface area contributed by atoms with E-state index < -0.39 is 0 Å². The number of piperidine rings is 1. The third kappa shape index (κ3) is 4.37. The molecular formula is C12H26N2O2. The molecule has 0 aliphatic carbocycles. The van der Waals surface area contributed by atoms with Gasteiger partial charge in [0.25, 0.3) is 0 Å². The van der Waals surface area contributed by atoms with Crippen LogP contribution in [-0.4, -0.2) is 65.6 Å². The zero-order chi connectivity index (χ0) is 11.9. The molecule has 4 nitrogen and oxygen atoms in total. The fraction of sp³-hybridized carbons (Fsp3) is 1.00. The second-order valence-electron chi connectivity index (χ2n) is 4.91. The fourth-order valence-corrected chi connectivity index (χ4v) is 2.51. The average Bonchev–Trinajstić information content (AvgIpc) is 2.28. The summed E-state index contributed by atoms with van der Waals surface area (Å²) < 4.78 is 10.5. The quantitative estimate of drug-likeness (QED) is 0.694. The van der Waals surface area contributed by atoms with Gasteiger partial charge in [-0.15, -0.1) is 0 Å². The van der Waals surface area contributed by atoms with E-state index in [1.165, 1.54) is 12.8 Å². The molecule has 1 N–H and O–H groups in total. The van der Waals surface area contributed by atoms with Crippen LogP contribution in [0.25, 0.3) is 0 Å². The molecule has 16 heavy (non-hydrogen) atoms. The first-order valence-electron chi connectivity index (χ1n) is 6.09. The van der Waals surface area contributed by atoms with E-state index in [1.54, 1.807) is 14.2 Å². The molecule has 0 spiro atoms. The zero-order valence-electron chi connectivity index (χ0n) is 10.9. The van der Waals surface area contributed by atoms with Crippen molar-refractivity contribution in [2.24, 2.45) is 5.41 Å². The number of hydrogen-bond acceptors (Lipinski definition) is 4. The minimum Gasteiger partial charge on any atom is -0.384 e. The molecule has 0 amide bonds. The van der Waals surface area contributed by atoms with Crippen molar-refractivity contribution in [3.8, 4) is 0 Å². The Kier molecular flexibility index (Phi) is 6.28. The van der Waals surface area contributed by atoms with Gasteiger partial charge in [-0.25, -0.2) is 0 Å². The van der Waals surface area contributed by atoms with Crippen molar-refractivity contribution < 1.29 is 9.47 Å². The van der Waals surface area contributed by atoms with Crippen molar-refractivity contribution in [1.29, 1.82) is 0 Å². The summed E-state index contributed by atoms with van der Waals surface area (Å²) in [5.74, 6) is 0. The summed E-state index contributed by atoms with van der Waals surface area (Å²) in [6.45, 7) is 5.99. The van der Waals surface area contributed by atoms with E-state index in [0.29, 0.717) is 5.41 Å². The molecular weight excluding hydrogens is 204 g/mol. The number of likely N-dealkylation sites (N-methyl/N-ethyl adjacent to an activating group) is 1.